The maximum Gasteiger partial charge on any atom is 0.262 e. The molecule has 0 atom stereocenters. The molecule has 2 N–H and O–H groups in total. The Morgan fingerprint density at radius 1 is 0.935 bits per heavy atom. The van der Waals surface area contributed by atoms with Gasteiger partial charge in [0.05, 0.1) is 4.47 Å². The van der Waals surface area contributed by atoms with Crippen LogP contribution in [0.1, 0.15) is 18.4 Å². The smallest absolute Gasteiger partial charge is 0.262 e. The number of carbonyl (C=O) groups is 2. The maximum atomic E-state index is 12.5. The first kappa shape index (κ1) is 21.1. The van der Waals surface area contributed by atoms with E-state index in [9.17, 15) is 9.59 Å². The van der Waals surface area contributed by atoms with Crippen molar-refractivity contribution in [1.82, 2.24) is 0 Å². The van der Waals surface area contributed by atoms with Crippen LogP contribution in [0.4, 0.5) is 11.4 Å². The normalized spacial score (nSPS) is 12.8. The summed E-state index contributed by atoms with van der Waals surface area (Å²) in [6, 6.07) is 21.3. The van der Waals surface area contributed by atoms with Crippen molar-refractivity contribution in [2.45, 2.75) is 19.8 Å². The van der Waals surface area contributed by atoms with Crippen molar-refractivity contribution in [2.75, 3.05) is 17.2 Å². The van der Waals surface area contributed by atoms with Gasteiger partial charge in [0.2, 0.25) is 5.91 Å². The second kappa shape index (κ2) is 9.35. The molecule has 3 aromatic rings. The van der Waals surface area contributed by atoms with Crippen molar-refractivity contribution in [3.05, 3.63) is 76.8 Å². The van der Waals surface area contributed by atoms with E-state index in [0.29, 0.717) is 11.4 Å². The molecule has 4 rings (SSSR count). The lowest BCUT2D eigenvalue weighted by Gasteiger charge is -2.14. The monoisotopic (exact) mass is 478 g/mol. The Morgan fingerprint density at radius 3 is 2.32 bits per heavy atom. The molecule has 0 aromatic heterocycles. The van der Waals surface area contributed by atoms with E-state index in [2.05, 4.69) is 26.6 Å². The summed E-state index contributed by atoms with van der Waals surface area (Å²) in [5.41, 5.74) is 4.36. The fraction of sp³-hybridized carbons (Fsp3) is 0.200. The summed E-state index contributed by atoms with van der Waals surface area (Å²) in [7, 11) is 0. The Balaban J connectivity index is 1.37. The number of halogens is 1. The molecular formula is C25H23BrN2O3. The third-order valence-electron chi connectivity index (χ3n) is 5.21. The van der Waals surface area contributed by atoms with Crippen molar-refractivity contribution in [3.8, 4) is 16.9 Å². The van der Waals surface area contributed by atoms with Gasteiger partial charge in [0, 0.05) is 17.3 Å². The topological polar surface area (TPSA) is 67.4 Å². The van der Waals surface area contributed by atoms with E-state index < -0.39 is 0 Å². The minimum atomic E-state index is -0.271. The van der Waals surface area contributed by atoms with Crippen molar-refractivity contribution in [3.63, 3.8) is 0 Å². The molecule has 31 heavy (non-hydrogen) atoms. The highest BCUT2D eigenvalue weighted by Crippen LogP contribution is 2.32. The van der Waals surface area contributed by atoms with Gasteiger partial charge in [0.1, 0.15) is 5.75 Å². The largest absolute Gasteiger partial charge is 0.483 e. The summed E-state index contributed by atoms with van der Waals surface area (Å²) in [4.78, 5) is 24.5. The van der Waals surface area contributed by atoms with Gasteiger partial charge in [-0.1, -0.05) is 42.5 Å². The number of ether oxygens (including phenoxy) is 1. The Kier molecular flexibility index (Phi) is 6.37. The first-order chi connectivity index (χ1) is 15.0. The number of hydrogen-bond acceptors (Lipinski definition) is 3. The van der Waals surface area contributed by atoms with Crippen LogP contribution in [0, 0.1) is 12.8 Å². The van der Waals surface area contributed by atoms with Crippen molar-refractivity contribution in [1.29, 1.82) is 0 Å². The molecule has 0 unspecified atom stereocenters. The zero-order valence-corrected chi connectivity index (χ0v) is 18.7. The number of hydrogen-bond donors (Lipinski definition) is 2. The van der Waals surface area contributed by atoms with Gasteiger partial charge in [0.25, 0.3) is 5.91 Å². The van der Waals surface area contributed by atoms with Crippen LogP contribution in [0.3, 0.4) is 0 Å². The number of benzene rings is 3. The van der Waals surface area contributed by atoms with Crippen molar-refractivity contribution >= 4 is 39.1 Å². The molecule has 0 bridgehead atoms. The molecule has 2 amide bonds. The highest BCUT2D eigenvalue weighted by molar-refractivity contribution is 9.10. The first-order valence-electron chi connectivity index (χ1n) is 10.2. The summed E-state index contributed by atoms with van der Waals surface area (Å²) >= 11 is 3.53. The number of rotatable bonds is 7. The number of anilines is 2. The molecular weight excluding hydrogens is 456 g/mol. The van der Waals surface area contributed by atoms with Crippen molar-refractivity contribution < 1.29 is 14.3 Å². The molecule has 6 heteroatoms. The van der Waals surface area contributed by atoms with E-state index in [4.69, 9.17) is 4.74 Å². The summed E-state index contributed by atoms with van der Waals surface area (Å²) in [6.07, 6.45) is 1.89. The van der Waals surface area contributed by atoms with E-state index in [-0.39, 0.29) is 24.3 Å². The molecule has 1 aliphatic carbocycles. The predicted octanol–water partition coefficient (Wildman–Crippen LogP) is 5.79. The second-order valence-electron chi connectivity index (χ2n) is 7.59. The SMILES string of the molecule is Cc1c(NC(=O)COc2ccc(-c3ccccc3)cc2Br)cccc1NC(=O)C1CC1. The van der Waals surface area contributed by atoms with E-state index in [0.717, 1.165) is 39.7 Å². The minimum Gasteiger partial charge on any atom is -0.483 e. The molecule has 1 aliphatic rings. The molecule has 1 fully saturated rings. The Labute approximate surface area is 189 Å². The zero-order valence-electron chi connectivity index (χ0n) is 17.2. The van der Waals surface area contributed by atoms with Crippen LogP contribution in [-0.4, -0.2) is 18.4 Å². The minimum absolute atomic E-state index is 0.0405. The lowest BCUT2D eigenvalue weighted by Crippen LogP contribution is -2.21. The highest BCUT2D eigenvalue weighted by atomic mass is 79.9. The average molecular weight is 479 g/mol. The van der Waals surface area contributed by atoms with Gasteiger partial charge in [-0.2, -0.15) is 0 Å². The lowest BCUT2D eigenvalue weighted by atomic mass is 10.1. The van der Waals surface area contributed by atoms with E-state index in [1.54, 1.807) is 0 Å². The van der Waals surface area contributed by atoms with Gasteiger partial charge in [-0.3, -0.25) is 9.59 Å². The molecule has 158 valence electrons. The molecule has 0 aliphatic heterocycles. The third kappa shape index (κ3) is 5.33. The Bertz CT molecular complexity index is 1110. The van der Waals surface area contributed by atoms with Crippen LogP contribution in [0.2, 0.25) is 0 Å². The van der Waals surface area contributed by atoms with Crippen LogP contribution >= 0.6 is 15.9 Å². The summed E-state index contributed by atoms with van der Waals surface area (Å²) in [5, 5.41) is 5.81. The van der Waals surface area contributed by atoms with Gasteiger partial charge in [-0.05, 0) is 76.7 Å². The molecule has 0 radical (unpaired) electrons. The third-order valence-corrected chi connectivity index (χ3v) is 5.83. The van der Waals surface area contributed by atoms with Crippen LogP contribution in [-0.2, 0) is 9.59 Å². The van der Waals surface area contributed by atoms with Gasteiger partial charge in [-0.15, -0.1) is 0 Å². The lowest BCUT2D eigenvalue weighted by molar-refractivity contribution is -0.118. The van der Waals surface area contributed by atoms with Gasteiger partial charge >= 0.3 is 0 Å². The van der Waals surface area contributed by atoms with Crippen LogP contribution in [0.5, 0.6) is 5.75 Å². The number of amides is 2. The quantitative estimate of drug-likeness (QED) is 0.451. The fourth-order valence-electron chi connectivity index (χ4n) is 3.24. The molecule has 1 saturated carbocycles. The van der Waals surface area contributed by atoms with E-state index >= 15 is 0 Å². The summed E-state index contributed by atoms with van der Waals surface area (Å²) in [5.74, 6) is 0.487. The van der Waals surface area contributed by atoms with E-state index in [1.165, 1.54) is 0 Å². The van der Waals surface area contributed by atoms with E-state index in [1.807, 2.05) is 73.7 Å². The van der Waals surface area contributed by atoms with Crippen LogP contribution < -0.4 is 15.4 Å². The molecule has 0 saturated heterocycles. The van der Waals surface area contributed by atoms with Crippen LogP contribution in [0.15, 0.2) is 71.2 Å². The maximum absolute atomic E-state index is 12.5. The molecule has 0 heterocycles. The predicted molar refractivity (Wildman–Crippen MR) is 126 cm³/mol. The fourth-order valence-corrected chi connectivity index (χ4v) is 3.74. The molecule has 5 nitrogen and oxygen atoms in total. The zero-order chi connectivity index (χ0) is 21.8. The van der Waals surface area contributed by atoms with Crippen LogP contribution in [0.25, 0.3) is 11.1 Å². The van der Waals surface area contributed by atoms with Gasteiger partial charge < -0.3 is 15.4 Å². The number of carbonyl (C=O) groups excluding carboxylic acids is 2. The van der Waals surface area contributed by atoms with Crippen molar-refractivity contribution in [2.24, 2.45) is 5.92 Å². The van der Waals surface area contributed by atoms with Gasteiger partial charge in [0.15, 0.2) is 6.61 Å². The first-order valence-corrected chi connectivity index (χ1v) is 11.0. The molecule has 0 spiro atoms. The average Bonchev–Trinajstić information content (AvgIpc) is 3.62. The van der Waals surface area contributed by atoms with Gasteiger partial charge in [-0.25, -0.2) is 0 Å². The standard InChI is InChI=1S/C25H23BrN2O3/c1-16-21(8-5-9-22(16)28-25(30)18-10-11-18)27-24(29)15-31-23-13-12-19(14-20(23)26)17-6-3-2-4-7-17/h2-9,12-14,18H,10-11,15H2,1H3,(H,27,29)(H,28,30). The Hall–Kier alpha value is -3.12. The summed E-state index contributed by atoms with van der Waals surface area (Å²) in [6.45, 7) is 1.75. The summed E-state index contributed by atoms with van der Waals surface area (Å²) < 4.78 is 6.49. The highest BCUT2D eigenvalue weighted by Gasteiger charge is 2.29. The Morgan fingerprint density at radius 2 is 1.65 bits per heavy atom. The molecule has 3 aromatic carbocycles. The second-order valence-corrected chi connectivity index (χ2v) is 8.44. The number of nitrogens with one attached hydrogen (secondary N) is 2.